The lowest BCUT2D eigenvalue weighted by Crippen LogP contribution is -2.43. The van der Waals surface area contributed by atoms with Gasteiger partial charge >= 0.3 is 6.01 Å². The quantitative estimate of drug-likeness (QED) is 0.175. The molecule has 2 fully saturated rings. The molecule has 10 nitrogen and oxygen atoms in total. The van der Waals surface area contributed by atoms with Crippen LogP contribution in [0.15, 0.2) is 30.5 Å². The molecule has 0 spiro atoms. The minimum absolute atomic E-state index is 0.00577. The van der Waals surface area contributed by atoms with E-state index in [1.807, 2.05) is 11.0 Å². The maximum Gasteiger partial charge on any atom is 0.319 e. The third-order valence-electron chi connectivity index (χ3n) is 10.3. The highest BCUT2D eigenvalue weighted by Gasteiger charge is 2.49. The summed E-state index contributed by atoms with van der Waals surface area (Å²) in [5.41, 5.74) is 11.7. The van der Waals surface area contributed by atoms with Crippen molar-refractivity contribution in [2.45, 2.75) is 50.4 Å². The first-order chi connectivity index (χ1) is 24.5. The van der Waals surface area contributed by atoms with Crippen molar-refractivity contribution >= 4 is 49.0 Å². The van der Waals surface area contributed by atoms with Gasteiger partial charge in [0.05, 0.1) is 27.7 Å². The number of benzene rings is 2. The predicted molar refractivity (Wildman–Crippen MR) is 183 cm³/mol. The van der Waals surface area contributed by atoms with E-state index in [0.29, 0.717) is 13.0 Å². The Kier molecular flexibility index (Phi) is 8.02. The molecule has 4 N–H and O–H groups in total. The van der Waals surface area contributed by atoms with E-state index < -0.39 is 35.8 Å². The summed E-state index contributed by atoms with van der Waals surface area (Å²) in [7, 11) is 0. The number of fused-ring (bicyclic) bond motifs is 2. The van der Waals surface area contributed by atoms with Crippen molar-refractivity contribution in [1.82, 2.24) is 19.9 Å². The topological polar surface area (TPSA) is 139 Å². The Hall–Kier alpha value is -5.01. The van der Waals surface area contributed by atoms with Crippen LogP contribution in [0.3, 0.4) is 0 Å². The molecule has 2 saturated heterocycles. The molecule has 16 heteroatoms. The van der Waals surface area contributed by atoms with Crippen LogP contribution < -0.4 is 25.8 Å². The molecule has 5 aromatic rings. The van der Waals surface area contributed by atoms with Crippen molar-refractivity contribution in [3.05, 3.63) is 58.8 Å². The molecule has 51 heavy (non-hydrogen) atoms. The minimum Gasteiger partial charge on any atom is -0.491 e. The third kappa shape index (κ3) is 5.16. The smallest absolute Gasteiger partial charge is 0.319 e. The van der Waals surface area contributed by atoms with Gasteiger partial charge in [-0.2, -0.15) is 15.2 Å². The van der Waals surface area contributed by atoms with Crippen LogP contribution in [-0.4, -0.2) is 70.8 Å². The predicted octanol–water partition coefficient (Wildman–Crippen LogP) is 6.69. The Bertz CT molecular complexity index is 2260. The van der Waals surface area contributed by atoms with Gasteiger partial charge in [-0.3, -0.25) is 4.90 Å². The Balaban J connectivity index is 1.38. The van der Waals surface area contributed by atoms with Gasteiger partial charge in [0.25, 0.3) is 6.43 Å². The molecular weight excluding hydrogens is 691 g/mol. The number of halogens is 5. The molecule has 3 aliphatic rings. The van der Waals surface area contributed by atoms with Crippen molar-refractivity contribution in [3.8, 4) is 29.0 Å². The van der Waals surface area contributed by atoms with Crippen molar-refractivity contribution in [3.63, 3.8) is 0 Å². The van der Waals surface area contributed by atoms with Crippen LogP contribution in [0.5, 0.6) is 11.8 Å². The van der Waals surface area contributed by atoms with E-state index in [1.165, 1.54) is 29.3 Å². The van der Waals surface area contributed by atoms with Crippen LogP contribution in [0.25, 0.3) is 32.1 Å². The number of ether oxygens (including phenoxy) is 2. The van der Waals surface area contributed by atoms with Gasteiger partial charge in [0.15, 0.2) is 5.82 Å². The first-order valence-electron chi connectivity index (χ1n) is 16.4. The van der Waals surface area contributed by atoms with Gasteiger partial charge < -0.3 is 25.8 Å². The summed E-state index contributed by atoms with van der Waals surface area (Å²) in [5, 5.41) is 10.2. The average molecular weight is 723 g/mol. The molecular formula is C35H31F5N8O2S. The lowest BCUT2D eigenvalue weighted by molar-refractivity contribution is 0.106. The standard InChI is InChI=1S/C35H31F5N8O2S/c1-16-22(18-5-6-21(37)29-23(18)20(13-41)32(43)51-29)25(38)26-24-28(16)49-11-10-48(27(30(39)40)19-4-2-8-44-31(19)42)33(24)46-34(45-26)50-15-35-7-3-9-47(35)14-17(36)12-35/h2,4-6,8,17,27,30H,3,7,9-12,14-15,43H2,1H3,(H2,42,44)/t17-,27+,35+/m1/s1. The molecule has 0 amide bonds. The number of hydrogen-bond acceptors (Lipinski definition) is 11. The summed E-state index contributed by atoms with van der Waals surface area (Å²) in [5.74, 6) is -1.60. The fourth-order valence-corrected chi connectivity index (χ4v) is 9.00. The second-order valence-electron chi connectivity index (χ2n) is 13.1. The SMILES string of the molecule is Cc1c(-c2ccc(F)c3sc(N)c(C#N)c23)c(F)c2nc(OC[C@@]34CCCN3C[C@H](F)C4)nc3c2c1OCCN3[C@@H](c1cccnc1N)C(F)F. The van der Waals surface area contributed by atoms with Gasteiger partial charge in [-0.25, -0.2) is 26.9 Å². The molecule has 0 aliphatic carbocycles. The Labute approximate surface area is 292 Å². The highest BCUT2D eigenvalue weighted by atomic mass is 32.1. The van der Waals surface area contributed by atoms with E-state index in [4.69, 9.17) is 20.9 Å². The van der Waals surface area contributed by atoms with E-state index in [0.717, 1.165) is 23.8 Å². The van der Waals surface area contributed by atoms with Crippen LogP contribution in [0.4, 0.5) is 38.6 Å². The highest BCUT2D eigenvalue weighted by Crippen LogP contribution is 2.50. The van der Waals surface area contributed by atoms with Gasteiger partial charge in [0.2, 0.25) is 0 Å². The van der Waals surface area contributed by atoms with E-state index in [-0.39, 0.29) is 110 Å². The normalized spacial score (nSPS) is 20.8. The largest absolute Gasteiger partial charge is 0.491 e. The van der Waals surface area contributed by atoms with E-state index in [9.17, 15) is 9.65 Å². The fraction of sp³-hybridized carbons (Fsp3) is 0.371. The number of nitrogens with two attached hydrogens (primary N) is 2. The molecule has 2 aromatic carbocycles. The van der Waals surface area contributed by atoms with Crippen LogP contribution in [0, 0.1) is 29.9 Å². The lowest BCUT2D eigenvalue weighted by Gasteiger charge is -2.33. The number of aromatic nitrogens is 3. The summed E-state index contributed by atoms with van der Waals surface area (Å²) in [6, 6.07) is 5.49. The highest BCUT2D eigenvalue weighted by molar-refractivity contribution is 7.23. The van der Waals surface area contributed by atoms with Crippen LogP contribution in [0.1, 0.15) is 42.0 Å². The Morgan fingerprint density at radius 3 is 2.76 bits per heavy atom. The van der Waals surface area contributed by atoms with Crippen LogP contribution in [-0.2, 0) is 0 Å². The van der Waals surface area contributed by atoms with E-state index in [1.54, 1.807) is 6.92 Å². The van der Waals surface area contributed by atoms with Gasteiger partial charge in [0, 0.05) is 41.2 Å². The lowest BCUT2D eigenvalue weighted by atomic mass is 9.92. The second kappa shape index (κ2) is 12.3. The zero-order chi connectivity index (χ0) is 35.8. The number of pyridine rings is 1. The monoisotopic (exact) mass is 722 g/mol. The first kappa shape index (κ1) is 33.2. The molecule has 0 saturated carbocycles. The molecule has 264 valence electrons. The van der Waals surface area contributed by atoms with Crippen molar-refractivity contribution in [1.29, 1.82) is 5.26 Å². The number of hydrogen-bond donors (Lipinski definition) is 2. The number of thiophene rings is 1. The van der Waals surface area contributed by atoms with Gasteiger partial charge in [0.1, 0.15) is 65.2 Å². The van der Waals surface area contributed by atoms with Crippen molar-refractivity contribution < 1.29 is 31.4 Å². The maximum atomic E-state index is 17.3. The minimum atomic E-state index is -3.00. The van der Waals surface area contributed by atoms with Gasteiger partial charge in [-0.05, 0) is 44.0 Å². The van der Waals surface area contributed by atoms with Crippen LogP contribution >= 0.6 is 11.3 Å². The molecule has 0 unspecified atom stereocenters. The number of anilines is 3. The number of nitrogen functional groups attached to an aromatic ring is 2. The second-order valence-corrected chi connectivity index (χ2v) is 14.2. The van der Waals surface area contributed by atoms with Crippen molar-refractivity contribution in [2.24, 2.45) is 0 Å². The number of nitriles is 1. The summed E-state index contributed by atoms with van der Waals surface area (Å²) < 4.78 is 89.8. The zero-order valence-electron chi connectivity index (χ0n) is 27.2. The molecule has 6 heterocycles. The van der Waals surface area contributed by atoms with Gasteiger partial charge in [-0.1, -0.05) is 12.1 Å². The molecule has 3 atom stereocenters. The Morgan fingerprint density at radius 2 is 2.00 bits per heavy atom. The number of alkyl halides is 3. The number of rotatable bonds is 7. The zero-order valence-corrected chi connectivity index (χ0v) is 28.0. The van der Waals surface area contributed by atoms with E-state index in [2.05, 4.69) is 15.0 Å². The molecule has 3 aromatic heterocycles. The average Bonchev–Trinajstić information content (AvgIpc) is 3.70. The molecule has 8 rings (SSSR count). The maximum absolute atomic E-state index is 17.3. The van der Waals surface area contributed by atoms with Crippen molar-refractivity contribution in [2.75, 3.05) is 49.2 Å². The van der Waals surface area contributed by atoms with Gasteiger partial charge in [-0.15, -0.1) is 11.3 Å². The summed E-state index contributed by atoms with van der Waals surface area (Å²) in [4.78, 5) is 16.5. The summed E-state index contributed by atoms with van der Waals surface area (Å²) in [6.07, 6.45) is -0.881. The van der Waals surface area contributed by atoms with E-state index >= 15 is 17.6 Å². The first-order valence-corrected chi connectivity index (χ1v) is 17.2. The molecule has 0 radical (unpaired) electrons. The summed E-state index contributed by atoms with van der Waals surface area (Å²) in [6.45, 7) is 2.30. The molecule has 0 bridgehead atoms. The molecule has 3 aliphatic heterocycles. The Morgan fingerprint density at radius 1 is 1.18 bits per heavy atom. The number of nitrogens with zero attached hydrogens (tertiary/aromatic N) is 6. The van der Waals surface area contributed by atoms with Crippen LogP contribution in [0.2, 0.25) is 0 Å². The third-order valence-corrected chi connectivity index (χ3v) is 11.3. The summed E-state index contributed by atoms with van der Waals surface area (Å²) >= 11 is 0.872. The fourth-order valence-electron chi connectivity index (χ4n) is 8.05.